The second-order valence-corrected chi connectivity index (χ2v) is 4.63. The van der Waals surface area contributed by atoms with E-state index in [-0.39, 0.29) is 6.10 Å². The monoisotopic (exact) mass is 244 g/mol. The molecule has 0 bridgehead atoms. The Bertz CT molecular complexity index is 240. The zero-order valence-corrected chi connectivity index (χ0v) is 11.2. The molecule has 100 valence electrons. The van der Waals surface area contributed by atoms with Gasteiger partial charge in [-0.05, 0) is 26.2 Å². The fourth-order valence-electron chi connectivity index (χ4n) is 1.05. The van der Waals surface area contributed by atoms with Gasteiger partial charge in [0.1, 0.15) is 0 Å². The van der Waals surface area contributed by atoms with E-state index in [1.807, 2.05) is 27.7 Å². The third kappa shape index (κ3) is 9.81. The van der Waals surface area contributed by atoms with E-state index in [0.29, 0.717) is 32.0 Å². The van der Waals surface area contributed by atoms with Crippen LogP contribution in [0.15, 0.2) is 0 Å². The molecule has 0 heterocycles. The van der Waals surface area contributed by atoms with Crippen LogP contribution in [0.25, 0.3) is 0 Å². The van der Waals surface area contributed by atoms with Crippen molar-refractivity contribution in [2.24, 2.45) is 5.92 Å². The number of hydrogen-bond donors (Lipinski definition) is 2. The van der Waals surface area contributed by atoms with Gasteiger partial charge in [-0.1, -0.05) is 13.8 Å². The lowest BCUT2D eigenvalue weighted by molar-refractivity contribution is -0.139. The van der Waals surface area contributed by atoms with Crippen LogP contribution in [0.5, 0.6) is 0 Å². The molecular weight excluding hydrogens is 220 g/mol. The predicted octanol–water partition coefficient (Wildman–Crippen LogP) is 0.690. The molecule has 0 aliphatic heterocycles. The molecule has 17 heavy (non-hydrogen) atoms. The Morgan fingerprint density at radius 1 is 1.06 bits per heavy atom. The quantitative estimate of drug-likeness (QED) is 0.511. The highest BCUT2D eigenvalue weighted by Gasteiger charge is 2.12. The maximum atomic E-state index is 11.3. The van der Waals surface area contributed by atoms with Gasteiger partial charge in [-0.15, -0.1) is 0 Å². The molecule has 5 heteroatoms. The summed E-state index contributed by atoms with van der Waals surface area (Å²) in [6.07, 6.45) is 0.904. The average molecular weight is 244 g/mol. The molecule has 2 N–H and O–H groups in total. The Hall–Kier alpha value is -1.10. The molecule has 0 rings (SSSR count). The molecule has 0 aromatic heterocycles. The number of carbonyl (C=O) groups is 2. The Morgan fingerprint density at radius 2 is 1.65 bits per heavy atom. The van der Waals surface area contributed by atoms with Crippen molar-refractivity contribution in [3.63, 3.8) is 0 Å². The molecule has 0 unspecified atom stereocenters. The van der Waals surface area contributed by atoms with Crippen LogP contribution >= 0.6 is 0 Å². The summed E-state index contributed by atoms with van der Waals surface area (Å²) in [4.78, 5) is 22.6. The van der Waals surface area contributed by atoms with Crippen LogP contribution in [0, 0.1) is 5.92 Å². The first kappa shape index (κ1) is 15.9. The van der Waals surface area contributed by atoms with Crippen molar-refractivity contribution >= 4 is 11.8 Å². The van der Waals surface area contributed by atoms with Gasteiger partial charge in [0, 0.05) is 19.7 Å². The lowest BCUT2D eigenvalue weighted by atomic mass is 10.2. The molecular formula is C12H24N2O3. The molecule has 0 atom stereocenters. The summed E-state index contributed by atoms with van der Waals surface area (Å²) in [5, 5.41) is 5.11. The maximum Gasteiger partial charge on any atom is 0.309 e. The third-order valence-corrected chi connectivity index (χ3v) is 1.93. The fraction of sp³-hybridized carbons (Fsp3) is 0.833. The van der Waals surface area contributed by atoms with Crippen LogP contribution in [0.4, 0.5) is 0 Å². The second-order valence-electron chi connectivity index (χ2n) is 4.63. The molecule has 0 aromatic rings. The summed E-state index contributed by atoms with van der Waals surface area (Å²) in [5.41, 5.74) is 0. The van der Waals surface area contributed by atoms with Crippen molar-refractivity contribution in [1.82, 2.24) is 10.6 Å². The first-order valence-electron chi connectivity index (χ1n) is 6.11. The molecule has 0 saturated carbocycles. The maximum absolute atomic E-state index is 11.3. The van der Waals surface area contributed by atoms with E-state index in [1.54, 1.807) is 0 Å². The standard InChI is InChI=1S/C12H24N2O3/c1-9(2)8-14-12(16)11(15)13-6-5-7-17-10(3)4/h9-10H,5-8H2,1-4H3,(H,13,15)(H,14,16). The molecule has 2 amide bonds. The van der Waals surface area contributed by atoms with Gasteiger partial charge in [-0.3, -0.25) is 9.59 Å². The number of nitrogens with one attached hydrogen (secondary N) is 2. The van der Waals surface area contributed by atoms with Crippen LogP contribution in [0.1, 0.15) is 34.1 Å². The van der Waals surface area contributed by atoms with E-state index in [1.165, 1.54) is 0 Å². The SMILES string of the molecule is CC(C)CNC(=O)C(=O)NCCCOC(C)C. The lowest BCUT2D eigenvalue weighted by Crippen LogP contribution is -2.41. The Labute approximate surface area is 103 Å². The van der Waals surface area contributed by atoms with E-state index < -0.39 is 11.8 Å². The van der Waals surface area contributed by atoms with Crippen LogP contribution in [-0.4, -0.2) is 37.6 Å². The summed E-state index contributed by atoms with van der Waals surface area (Å²) in [5.74, 6) is -0.801. The molecule has 0 radical (unpaired) electrons. The normalized spacial score (nSPS) is 10.7. The predicted molar refractivity (Wildman–Crippen MR) is 66.6 cm³/mol. The number of carbonyl (C=O) groups excluding carboxylic acids is 2. The van der Waals surface area contributed by atoms with Crippen LogP contribution in [-0.2, 0) is 14.3 Å². The van der Waals surface area contributed by atoms with Gasteiger partial charge < -0.3 is 15.4 Å². The van der Waals surface area contributed by atoms with Crippen molar-refractivity contribution in [2.45, 2.75) is 40.2 Å². The summed E-state index contributed by atoms with van der Waals surface area (Å²) >= 11 is 0. The topological polar surface area (TPSA) is 67.4 Å². The van der Waals surface area contributed by atoms with Gasteiger partial charge in [0.15, 0.2) is 0 Å². The highest BCUT2D eigenvalue weighted by atomic mass is 16.5. The van der Waals surface area contributed by atoms with Gasteiger partial charge in [0.2, 0.25) is 0 Å². The van der Waals surface area contributed by atoms with Gasteiger partial charge in [-0.25, -0.2) is 0 Å². The minimum absolute atomic E-state index is 0.194. The number of rotatable bonds is 7. The fourth-order valence-corrected chi connectivity index (χ4v) is 1.05. The molecule has 0 fully saturated rings. The molecule has 0 saturated heterocycles. The number of hydrogen-bond acceptors (Lipinski definition) is 3. The van der Waals surface area contributed by atoms with E-state index in [0.717, 1.165) is 0 Å². The average Bonchev–Trinajstić information content (AvgIpc) is 2.24. The van der Waals surface area contributed by atoms with E-state index in [4.69, 9.17) is 4.74 Å². The Morgan fingerprint density at radius 3 is 2.18 bits per heavy atom. The van der Waals surface area contributed by atoms with Gasteiger partial charge in [0.05, 0.1) is 6.10 Å². The van der Waals surface area contributed by atoms with Crippen molar-refractivity contribution in [2.75, 3.05) is 19.7 Å². The number of ether oxygens (including phenoxy) is 1. The summed E-state index contributed by atoms with van der Waals surface area (Å²) < 4.78 is 5.31. The summed E-state index contributed by atoms with van der Waals surface area (Å²) in [6, 6.07) is 0. The van der Waals surface area contributed by atoms with Gasteiger partial charge in [-0.2, -0.15) is 0 Å². The van der Waals surface area contributed by atoms with E-state index >= 15 is 0 Å². The Kier molecular flexibility index (Phi) is 8.40. The number of amides is 2. The van der Waals surface area contributed by atoms with Gasteiger partial charge >= 0.3 is 11.8 Å². The van der Waals surface area contributed by atoms with Crippen molar-refractivity contribution in [1.29, 1.82) is 0 Å². The lowest BCUT2D eigenvalue weighted by Gasteiger charge is -2.09. The molecule has 0 aliphatic carbocycles. The molecule has 5 nitrogen and oxygen atoms in total. The van der Waals surface area contributed by atoms with E-state index in [2.05, 4.69) is 10.6 Å². The molecule has 0 aromatic carbocycles. The van der Waals surface area contributed by atoms with Crippen LogP contribution in [0.2, 0.25) is 0 Å². The zero-order chi connectivity index (χ0) is 13.3. The van der Waals surface area contributed by atoms with Crippen LogP contribution < -0.4 is 10.6 Å². The molecule has 0 spiro atoms. The third-order valence-electron chi connectivity index (χ3n) is 1.93. The Balaban J connectivity index is 3.54. The first-order chi connectivity index (χ1) is 7.93. The minimum Gasteiger partial charge on any atom is -0.379 e. The highest BCUT2D eigenvalue weighted by molar-refractivity contribution is 6.35. The van der Waals surface area contributed by atoms with E-state index in [9.17, 15) is 9.59 Å². The van der Waals surface area contributed by atoms with Crippen molar-refractivity contribution in [3.8, 4) is 0 Å². The summed E-state index contributed by atoms with van der Waals surface area (Å²) in [6.45, 7) is 9.42. The summed E-state index contributed by atoms with van der Waals surface area (Å²) in [7, 11) is 0. The second kappa shape index (κ2) is 8.98. The van der Waals surface area contributed by atoms with Crippen molar-refractivity contribution < 1.29 is 14.3 Å². The zero-order valence-electron chi connectivity index (χ0n) is 11.2. The smallest absolute Gasteiger partial charge is 0.309 e. The first-order valence-corrected chi connectivity index (χ1v) is 6.11. The van der Waals surface area contributed by atoms with Crippen LogP contribution in [0.3, 0.4) is 0 Å². The van der Waals surface area contributed by atoms with Crippen molar-refractivity contribution in [3.05, 3.63) is 0 Å². The largest absolute Gasteiger partial charge is 0.379 e. The molecule has 0 aliphatic rings. The minimum atomic E-state index is -0.574. The highest BCUT2D eigenvalue weighted by Crippen LogP contribution is 1.89. The van der Waals surface area contributed by atoms with Gasteiger partial charge in [0.25, 0.3) is 0 Å².